The van der Waals surface area contributed by atoms with Crippen molar-refractivity contribution in [2.24, 2.45) is 0 Å². The molecule has 0 aliphatic heterocycles. The predicted molar refractivity (Wildman–Crippen MR) is 52.0 cm³/mol. The second-order valence-electron chi connectivity index (χ2n) is 2.75. The average molecular weight is 165 g/mol. The summed E-state index contributed by atoms with van der Waals surface area (Å²) in [4.78, 5) is 4.12. The van der Waals surface area contributed by atoms with Crippen molar-refractivity contribution in [3.8, 4) is 0 Å². The summed E-state index contributed by atoms with van der Waals surface area (Å²) in [7, 11) is 0. The molecule has 0 spiro atoms. The van der Waals surface area contributed by atoms with E-state index in [-0.39, 0.29) is 0 Å². The minimum Gasteiger partial charge on any atom is -0.399 e. The van der Waals surface area contributed by atoms with Gasteiger partial charge in [0.1, 0.15) is 5.82 Å². The zero-order valence-corrected chi connectivity index (χ0v) is 7.38. The standard InChI is InChI=1S/C9H15N3/c1-2-3-5-11-9-7-8(10)4-6-12-9/h4,6-7H,2-3,5H2,1H3,(H3,10,11,12). The third-order valence-electron chi connectivity index (χ3n) is 1.62. The molecule has 0 unspecified atom stereocenters. The minimum atomic E-state index is 0.754. The van der Waals surface area contributed by atoms with E-state index in [0.29, 0.717) is 0 Å². The fourth-order valence-electron chi connectivity index (χ4n) is 0.937. The maximum absolute atomic E-state index is 5.58. The van der Waals surface area contributed by atoms with Gasteiger partial charge in [-0.2, -0.15) is 0 Å². The van der Waals surface area contributed by atoms with Crippen molar-refractivity contribution in [2.75, 3.05) is 17.6 Å². The van der Waals surface area contributed by atoms with Crippen molar-refractivity contribution in [1.82, 2.24) is 4.98 Å². The summed E-state index contributed by atoms with van der Waals surface area (Å²) in [6.07, 6.45) is 4.06. The number of aromatic nitrogens is 1. The van der Waals surface area contributed by atoms with Gasteiger partial charge in [0.15, 0.2) is 0 Å². The molecule has 3 nitrogen and oxygen atoms in total. The second kappa shape index (κ2) is 4.59. The first-order chi connectivity index (χ1) is 5.83. The van der Waals surface area contributed by atoms with E-state index in [1.54, 1.807) is 12.3 Å². The molecule has 0 bridgehead atoms. The Labute approximate surface area is 73.0 Å². The molecule has 0 fully saturated rings. The van der Waals surface area contributed by atoms with Crippen molar-refractivity contribution in [2.45, 2.75) is 19.8 Å². The lowest BCUT2D eigenvalue weighted by Gasteiger charge is -2.03. The van der Waals surface area contributed by atoms with Crippen molar-refractivity contribution in [3.63, 3.8) is 0 Å². The van der Waals surface area contributed by atoms with Crippen LogP contribution in [0.5, 0.6) is 0 Å². The van der Waals surface area contributed by atoms with Crippen LogP contribution in [-0.2, 0) is 0 Å². The highest BCUT2D eigenvalue weighted by molar-refractivity contribution is 5.48. The van der Waals surface area contributed by atoms with E-state index < -0.39 is 0 Å². The molecule has 0 saturated carbocycles. The third kappa shape index (κ3) is 2.78. The smallest absolute Gasteiger partial charge is 0.127 e. The Balaban J connectivity index is 2.41. The van der Waals surface area contributed by atoms with Crippen LogP contribution in [0.3, 0.4) is 0 Å². The number of nitrogens with one attached hydrogen (secondary N) is 1. The Morgan fingerprint density at radius 1 is 1.58 bits per heavy atom. The number of nitrogens with two attached hydrogens (primary N) is 1. The predicted octanol–water partition coefficient (Wildman–Crippen LogP) is 1.88. The maximum Gasteiger partial charge on any atom is 0.127 e. The molecule has 1 rings (SSSR count). The summed E-state index contributed by atoms with van der Waals surface area (Å²) in [6, 6.07) is 3.63. The van der Waals surface area contributed by atoms with Crippen LogP contribution in [0.4, 0.5) is 11.5 Å². The summed E-state index contributed by atoms with van der Waals surface area (Å²) in [6.45, 7) is 3.13. The maximum atomic E-state index is 5.58. The van der Waals surface area contributed by atoms with E-state index in [4.69, 9.17) is 5.73 Å². The molecule has 0 aliphatic rings. The van der Waals surface area contributed by atoms with E-state index in [2.05, 4.69) is 17.2 Å². The first-order valence-electron chi connectivity index (χ1n) is 4.28. The molecule has 0 aliphatic carbocycles. The summed E-state index contributed by atoms with van der Waals surface area (Å²) in [5.74, 6) is 0.864. The van der Waals surface area contributed by atoms with E-state index >= 15 is 0 Å². The molecule has 3 N–H and O–H groups in total. The Morgan fingerprint density at radius 2 is 2.42 bits per heavy atom. The van der Waals surface area contributed by atoms with Gasteiger partial charge in [0.05, 0.1) is 0 Å². The monoisotopic (exact) mass is 165 g/mol. The quantitative estimate of drug-likeness (QED) is 0.670. The average Bonchev–Trinajstić information content (AvgIpc) is 2.05. The number of nitrogen functional groups attached to an aromatic ring is 1. The fraction of sp³-hybridized carbons (Fsp3) is 0.444. The number of unbranched alkanes of at least 4 members (excludes halogenated alkanes) is 1. The van der Waals surface area contributed by atoms with Crippen LogP contribution in [0, 0.1) is 0 Å². The fourth-order valence-corrected chi connectivity index (χ4v) is 0.937. The van der Waals surface area contributed by atoms with Crippen molar-refractivity contribution in [3.05, 3.63) is 18.3 Å². The summed E-state index contributed by atoms with van der Waals surface area (Å²) in [5, 5.41) is 3.20. The molecule has 0 radical (unpaired) electrons. The van der Waals surface area contributed by atoms with Crippen LogP contribution in [0.15, 0.2) is 18.3 Å². The van der Waals surface area contributed by atoms with Gasteiger partial charge in [-0.3, -0.25) is 0 Å². The molecular weight excluding hydrogens is 150 g/mol. The van der Waals surface area contributed by atoms with Gasteiger partial charge in [0.2, 0.25) is 0 Å². The number of anilines is 2. The number of hydrogen-bond donors (Lipinski definition) is 2. The van der Waals surface area contributed by atoms with Gasteiger partial charge in [-0.05, 0) is 12.5 Å². The molecule has 0 aromatic carbocycles. The highest BCUT2D eigenvalue weighted by Gasteiger charge is 1.91. The van der Waals surface area contributed by atoms with Crippen LogP contribution < -0.4 is 11.1 Å². The van der Waals surface area contributed by atoms with E-state index in [1.807, 2.05) is 6.07 Å². The number of nitrogens with zero attached hydrogens (tertiary/aromatic N) is 1. The Kier molecular flexibility index (Phi) is 3.38. The summed E-state index contributed by atoms with van der Waals surface area (Å²) < 4.78 is 0. The Morgan fingerprint density at radius 3 is 3.08 bits per heavy atom. The van der Waals surface area contributed by atoms with Crippen molar-refractivity contribution < 1.29 is 0 Å². The van der Waals surface area contributed by atoms with Gasteiger partial charge in [-0.1, -0.05) is 13.3 Å². The largest absolute Gasteiger partial charge is 0.399 e. The van der Waals surface area contributed by atoms with E-state index in [9.17, 15) is 0 Å². The lowest BCUT2D eigenvalue weighted by atomic mass is 10.3. The number of hydrogen-bond acceptors (Lipinski definition) is 3. The summed E-state index contributed by atoms with van der Waals surface area (Å²) >= 11 is 0. The molecule has 0 atom stereocenters. The number of pyridine rings is 1. The van der Waals surface area contributed by atoms with Crippen LogP contribution >= 0.6 is 0 Å². The van der Waals surface area contributed by atoms with Crippen LogP contribution in [-0.4, -0.2) is 11.5 Å². The minimum absolute atomic E-state index is 0.754. The highest BCUT2D eigenvalue weighted by Crippen LogP contribution is 2.07. The normalized spacial score (nSPS) is 9.75. The van der Waals surface area contributed by atoms with Crippen LogP contribution in [0.25, 0.3) is 0 Å². The van der Waals surface area contributed by atoms with Gasteiger partial charge in [-0.15, -0.1) is 0 Å². The molecule has 0 saturated heterocycles. The number of rotatable bonds is 4. The second-order valence-corrected chi connectivity index (χ2v) is 2.75. The van der Waals surface area contributed by atoms with E-state index in [0.717, 1.165) is 24.5 Å². The van der Waals surface area contributed by atoms with Crippen LogP contribution in [0.1, 0.15) is 19.8 Å². The molecule has 66 valence electrons. The Hall–Kier alpha value is -1.25. The first kappa shape index (κ1) is 8.84. The van der Waals surface area contributed by atoms with Gasteiger partial charge in [0.25, 0.3) is 0 Å². The molecule has 1 heterocycles. The molecular formula is C9H15N3. The highest BCUT2D eigenvalue weighted by atomic mass is 15.0. The van der Waals surface area contributed by atoms with Gasteiger partial charge < -0.3 is 11.1 Å². The first-order valence-corrected chi connectivity index (χ1v) is 4.28. The molecule has 1 aromatic heterocycles. The lowest BCUT2D eigenvalue weighted by Crippen LogP contribution is -2.02. The summed E-state index contributed by atoms with van der Waals surface area (Å²) in [5.41, 5.74) is 6.34. The van der Waals surface area contributed by atoms with Gasteiger partial charge in [0, 0.05) is 24.5 Å². The van der Waals surface area contributed by atoms with Crippen LogP contribution in [0.2, 0.25) is 0 Å². The van der Waals surface area contributed by atoms with Gasteiger partial charge >= 0.3 is 0 Å². The zero-order chi connectivity index (χ0) is 8.81. The molecule has 12 heavy (non-hydrogen) atoms. The SMILES string of the molecule is CCCCNc1cc(N)ccn1. The third-order valence-corrected chi connectivity index (χ3v) is 1.62. The van der Waals surface area contributed by atoms with Crippen molar-refractivity contribution in [1.29, 1.82) is 0 Å². The Bertz CT molecular complexity index is 235. The van der Waals surface area contributed by atoms with Gasteiger partial charge in [-0.25, -0.2) is 4.98 Å². The molecule has 1 aromatic rings. The topological polar surface area (TPSA) is 50.9 Å². The molecule has 3 heteroatoms. The van der Waals surface area contributed by atoms with Crippen molar-refractivity contribution >= 4 is 11.5 Å². The molecule has 0 amide bonds. The van der Waals surface area contributed by atoms with E-state index in [1.165, 1.54) is 6.42 Å². The zero-order valence-electron chi connectivity index (χ0n) is 7.38. The lowest BCUT2D eigenvalue weighted by molar-refractivity contribution is 0.831.